The predicted octanol–water partition coefficient (Wildman–Crippen LogP) is 4.36. The van der Waals surface area contributed by atoms with Crippen LogP contribution in [0.3, 0.4) is 0 Å². The molecule has 0 saturated heterocycles. The first-order valence-corrected chi connectivity index (χ1v) is 12.3. The third kappa shape index (κ3) is 8.43. The van der Waals surface area contributed by atoms with Crippen molar-refractivity contribution in [1.82, 2.24) is 15.7 Å². The van der Waals surface area contributed by atoms with Crippen LogP contribution < -0.4 is 15.4 Å². The number of ether oxygens (including phenoxy) is 1. The summed E-state index contributed by atoms with van der Waals surface area (Å²) in [4.78, 5) is 36.4. The van der Waals surface area contributed by atoms with Crippen molar-refractivity contribution >= 4 is 18.2 Å². The number of hydroxylamine groups is 2. The lowest BCUT2D eigenvalue weighted by Crippen LogP contribution is -2.47. The third-order valence-electron chi connectivity index (χ3n) is 5.72. The molecule has 192 valence electrons. The van der Waals surface area contributed by atoms with Gasteiger partial charge in [0.05, 0.1) is 25.2 Å². The van der Waals surface area contributed by atoms with Gasteiger partial charge in [0.2, 0.25) is 12.3 Å². The van der Waals surface area contributed by atoms with Gasteiger partial charge in [0.15, 0.2) is 5.76 Å². The summed E-state index contributed by atoms with van der Waals surface area (Å²) in [5.74, 6) is -0.0258. The summed E-state index contributed by atoms with van der Waals surface area (Å²) in [5, 5.41) is 15.8. The highest BCUT2D eigenvalue weighted by atomic mass is 16.5. The number of unbranched alkanes of at least 4 members (excludes halogenated alkanes) is 2. The topological polar surface area (TPSA) is 121 Å². The Kier molecular flexibility index (Phi) is 11.8. The molecule has 1 aromatic carbocycles. The Hall–Kier alpha value is -3.33. The molecular formula is C26H37N3O6. The number of rotatable bonds is 16. The molecule has 0 aliphatic rings. The highest BCUT2D eigenvalue weighted by molar-refractivity contribution is 5.92. The van der Waals surface area contributed by atoms with Gasteiger partial charge in [-0.05, 0) is 43.5 Å². The van der Waals surface area contributed by atoms with E-state index in [0.29, 0.717) is 36.7 Å². The fourth-order valence-electron chi connectivity index (χ4n) is 3.85. The second kappa shape index (κ2) is 14.8. The number of carbonyl (C=O) groups excluding carboxylic acids is 3. The van der Waals surface area contributed by atoms with Crippen LogP contribution in [0.2, 0.25) is 0 Å². The molecule has 1 aromatic heterocycles. The Morgan fingerprint density at radius 1 is 1.11 bits per heavy atom. The number of furan rings is 1. The highest BCUT2D eigenvalue weighted by Gasteiger charge is 2.30. The number of carbonyl (C=O) groups is 3. The molecule has 3 amide bonds. The largest absolute Gasteiger partial charge is 0.494 e. The van der Waals surface area contributed by atoms with Crippen molar-refractivity contribution in [2.24, 2.45) is 5.92 Å². The molecule has 0 fully saturated rings. The summed E-state index contributed by atoms with van der Waals surface area (Å²) in [7, 11) is 0. The Morgan fingerprint density at radius 3 is 2.60 bits per heavy atom. The minimum Gasteiger partial charge on any atom is -0.494 e. The lowest BCUT2D eigenvalue weighted by atomic mass is 9.90. The molecule has 9 heteroatoms. The van der Waals surface area contributed by atoms with E-state index in [1.165, 1.54) is 0 Å². The third-order valence-corrected chi connectivity index (χ3v) is 5.72. The van der Waals surface area contributed by atoms with Crippen LogP contribution in [0, 0.1) is 5.92 Å². The maximum Gasteiger partial charge on any atom is 0.288 e. The molecule has 35 heavy (non-hydrogen) atoms. The van der Waals surface area contributed by atoms with Crippen molar-refractivity contribution in [2.45, 2.75) is 65.3 Å². The summed E-state index contributed by atoms with van der Waals surface area (Å²) in [6.45, 7) is 6.40. The van der Waals surface area contributed by atoms with Crippen molar-refractivity contribution in [3.05, 3.63) is 42.2 Å². The molecule has 1 heterocycles. The van der Waals surface area contributed by atoms with Crippen LogP contribution in [-0.2, 0) is 9.59 Å². The predicted molar refractivity (Wildman–Crippen MR) is 132 cm³/mol. The lowest BCUT2D eigenvalue weighted by Gasteiger charge is -2.29. The number of hydrogen-bond donors (Lipinski definition) is 3. The van der Waals surface area contributed by atoms with Crippen molar-refractivity contribution < 1.29 is 28.7 Å². The van der Waals surface area contributed by atoms with Gasteiger partial charge >= 0.3 is 0 Å². The van der Waals surface area contributed by atoms with Gasteiger partial charge in [0.1, 0.15) is 11.5 Å². The normalized spacial score (nSPS) is 12.5. The zero-order valence-electron chi connectivity index (χ0n) is 20.8. The quantitative estimate of drug-likeness (QED) is 0.106. The monoisotopic (exact) mass is 487 g/mol. The van der Waals surface area contributed by atoms with Crippen LogP contribution >= 0.6 is 0 Å². The molecular weight excluding hydrogens is 450 g/mol. The average Bonchev–Trinajstić information content (AvgIpc) is 3.37. The molecule has 0 saturated carbocycles. The molecule has 0 radical (unpaired) electrons. The molecule has 2 rings (SSSR count). The van der Waals surface area contributed by atoms with Gasteiger partial charge in [-0.1, -0.05) is 52.2 Å². The minimum absolute atomic E-state index is 0.110. The smallest absolute Gasteiger partial charge is 0.288 e. The SMILES string of the molecule is CCCCCC(C(=O)NCNC(=O)c1ccc(-c2cccc(OCCC)c2)o1)C(CC)N(O)C=O. The summed E-state index contributed by atoms with van der Waals surface area (Å²) in [6.07, 6.45) is 4.89. The van der Waals surface area contributed by atoms with E-state index in [1.807, 2.05) is 31.2 Å². The van der Waals surface area contributed by atoms with Gasteiger partial charge in [-0.15, -0.1) is 0 Å². The molecule has 0 spiro atoms. The van der Waals surface area contributed by atoms with Gasteiger partial charge in [0.25, 0.3) is 5.91 Å². The molecule has 0 aliphatic carbocycles. The van der Waals surface area contributed by atoms with Crippen LogP contribution in [-0.4, -0.2) is 47.8 Å². The number of amides is 3. The van der Waals surface area contributed by atoms with Crippen LogP contribution in [0.25, 0.3) is 11.3 Å². The van der Waals surface area contributed by atoms with Crippen molar-refractivity contribution in [2.75, 3.05) is 13.3 Å². The number of hydrogen-bond acceptors (Lipinski definition) is 6. The summed E-state index contributed by atoms with van der Waals surface area (Å²) in [5.41, 5.74) is 0.787. The average molecular weight is 488 g/mol. The number of benzene rings is 1. The molecule has 2 atom stereocenters. The minimum atomic E-state index is -0.634. The van der Waals surface area contributed by atoms with Gasteiger partial charge < -0.3 is 19.8 Å². The Bertz CT molecular complexity index is 945. The summed E-state index contributed by atoms with van der Waals surface area (Å²) >= 11 is 0. The van der Waals surface area contributed by atoms with E-state index < -0.39 is 17.9 Å². The Morgan fingerprint density at radius 2 is 1.91 bits per heavy atom. The number of nitrogens with zero attached hydrogens (tertiary/aromatic N) is 1. The van der Waals surface area contributed by atoms with Crippen molar-refractivity contribution in [1.29, 1.82) is 0 Å². The van der Waals surface area contributed by atoms with Crippen LogP contribution in [0.5, 0.6) is 5.75 Å². The highest BCUT2D eigenvalue weighted by Crippen LogP contribution is 2.26. The molecule has 3 N–H and O–H groups in total. The van der Waals surface area contributed by atoms with E-state index in [9.17, 15) is 19.6 Å². The molecule has 2 unspecified atom stereocenters. The first-order chi connectivity index (χ1) is 16.9. The van der Waals surface area contributed by atoms with Crippen LogP contribution in [0.1, 0.15) is 69.9 Å². The van der Waals surface area contributed by atoms with Crippen molar-refractivity contribution in [3.8, 4) is 17.1 Å². The van der Waals surface area contributed by atoms with E-state index in [-0.39, 0.29) is 18.3 Å². The summed E-state index contributed by atoms with van der Waals surface area (Å²) < 4.78 is 11.3. The van der Waals surface area contributed by atoms with Gasteiger partial charge in [-0.25, -0.2) is 5.06 Å². The van der Waals surface area contributed by atoms with Crippen LogP contribution in [0.15, 0.2) is 40.8 Å². The Labute approximate surface area is 206 Å². The van der Waals surface area contributed by atoms with Crippen molar-refractivity contribution in [3.63, 3.8) is 0 Å². The van der Waals surface area contributed by atoms with E-state index in [1.54, 1.807) is 19.1 Å². The lowest BCUT2D eigenvalue weighted by molar-refractivity contribution is -0.168. The van der Waals surface area contributed by atoms with E-state index in [4.69, 9.17) is 9.15 Å². The zero-order chi connectivity index (χ0) is 25.6. The second-order valence-electron chi connectivity index (χ2n) is 8.33. The van der Waals surface area contributed by atoms with Crippen LogP contribution in [0.4, 0.5) is 0 Å². The molecule has 2 aromatic rings. The number of nitrogens with one attached hydrogen (secondary N) is 2. The van der Waals surface area contributed by atoms with E-state index in [0.717, 1.165) is 37.0 Å². The zero-order valence-corrected chi connectivity index (χ0v) is 20.8. The van der Waals surface area contributed by atoms with Gasteiger partial charge in [-0.2, -0.15) is 0 Å². The molecule has 0 bridgehead atoms. The van der Waals surface area contributed by atoms with Gasteiger partial charge in [-0.3, -0.25) is 19.6 Å². The maximum atomic E-state index is 12.8. The standard InChI is InChI=1S/C26H37N3O6/c1-4-7-8-12-21(22(6-3)29(33)18-30)25(31)27-17-28-26(32)24-14-13-23(35-24)19-10-9-11-20(16-19)34-15-5-2/h9-11,13-14,16,18,21-22,33H,4-8,12,15,17H2,1-3H3,(H,27,31)(H,28,32). The fraction of sp³-hybridized carbons (Fsp3) is 0.500. The second-order valence-corrected chi connectivity index (χ2v) is 8.33. The molecule has 0 aliphatic heterocycles. The molecule has 9 nitrogen and oxygen atoms in total. The van der Waals surface area contributed by atoms with Gasteiger partial charge in [0, 0.05) is 5.56 Å². The van der Waals surface area contributed by atoms with E-state index >= 15 is 0 Å². The first-order valence-electron chi connectivity index (χ1n) is 12.3. The maximum absolute atomic E-state index is 12.8. The Balaban J connectivity index is 1.96. The first kappa shape index (κ1) is 27.9. The summed E-state index contributed by atoms with van der Waals surface area (Å²) in [6, 6.07) is 10.1. The van der Waals surface area contributed by atoms with E-state index in [2.05, 4.69) is 17.6 Å². The fourth-order valence-corrected chi connectivity index (χ4v) is 3.85.